The third-order valence-electron chi connectivity index (χ3n) is 4.07. The zero-order valence-electron chi connectivity index (χ0n) is 18.5. The van der Waals surface area contributed by atoms with Gasteiger partial charge >= 0.3 is 0 Å². The van der Waals surface area contributed by atoms with Crippen molar-refractivity contribution in [1.29, 1.82) is 5.41 Å². The number of hydrogen-bond acceptors (Lipinski definition) is 8. The number of para-hydroxylation sites is 1. The fourth-order valence-corrected chi connectivity index (χ4v) is 2.64. The molecule has 0 saturated carbocycles. The summed E-state index contributed by atoms with van der Waals surface area (Å²) in [7, 11) is 0. The minimum atomic E-state index is -0.0363. The molecule has 0 saturated heterocycles. The van der Waals surface area contributed by atoms with Gasteiger partial charge in [0.25, 0.3) is 0 Å². The topological polar surface area (TPSA) is 120 Å². The molecule has 3 aromatic rings. The number of nitrogens with two attached hydrogens (primary N) is 1. The number of hydrogen-bond donors (Lipinski definition) is 6. The summed E-state index contributed by atoms with van der Waals surface area (Å²) in [5, 5.41) is 25.7. The van der Waals surface area contributed by atoms with Gasteiger partial charge in [0.05, 0.1) is 17.9 Å². The number of nitrogens with one attached hydrogen (secondary N) is 3. The number of benzene rings is 2. The van der Waals surface area contributed by atoms with Crippen LogP contribution >= 0.6 is 12.6 Å². The number of nitrogens with zero attached hydrogens (tertiary/aromatic N) is 2. The van der Waals surface area contributed by atoms with Crippen molar-refractivity contribution in [2.75, 3.05) is 29.5 Å². The molecule has 8 heteroatoms. The van der Waals surface area contributed by atoms with Crippen molar-refractivity contribution in [3.05, 3.63) is 89.6 Å². The highest BCUT2D eigenvalue weighted by molar-refractivity contribution is 7.83. The standard InChI is InChI=1S/C20H22N6O.C2H4S.C2H6/c21-18(15-8-6-14(12-27)7-9-15)17-19(22)25-13-26-20(17)24-11-10-23-16-4-2-1-3-5-16;1-2-3;1-2/h1-9,13,21,23,27H,10-12H2,(H3,22,24,25,26);2-3H,1H2;1-2H3. The predicted molar refractivity (Wildman–Crippen MR) is 139 cm³/mol. The molecule has 6 N–H and O–H groups in total. The van der Waals surface area contributed by atoms with Crippen LogP contribution in [0, 0.1) is 5.41 Å². The van der Waals surface area contributed by atoms with E-state index in [2.05, 4.69) is 39.8 Å². The molecule has 1 aromatic heterocycles. The molecule has 0 atom stereocenters. The lowest BCUT2D eigenvalue weighted by Gasteiger charge is -2.14. The molecule has 0 amide bonds. The number of nitrogen functional groups attached to an aromatic ring is 1. The van der Waals surface area contributed by atoms with Gasteiger partial charge in [-0.05, 0) is 23.1 Å². The minimum Gasteiger partial charge on any atom is -0.392 e. The Labute approximate surface area is 195 Å². The Kier molecular flexibility index (Phi) is 12.9. The molecular formula is C24H32N6OS. The van der Waals surface area contributed by atoms with Crippen LogP contribution in [0.1, 0.15) is 30.5 Å². The van der Waals surface area contributed by atoms with Gasteiger partial charge in [0.2, 0.25) is 0 Å². The summed E-state index contributed by atoms with van der Waals surface area (Å²) in [5.41, 5.74) is 9.23. The second kappa shape index (κ2) is 15.4. The molecule has 0 spiro atoms. The highest BCUT2D eigenvalue weighted by atomic mass is 32.1. The Bertz CT molecular complexity index is 948. The average molecular weight is 453 g/mol. The van der Waals surface area contributed by atoms with Gasteiger partial charge in [-0.1, -0.05) is 62.9 Å². The zero-order chi connectivity index (χ0) is 23.8. The third-order valence-corrected chi connectivity index (χ3v) is 4.07. The number of aliphatic hydroxyl groups is 1. The Morgan fingerprint density at radius 2 is 1.66 bits per heavy atom. The molecule has 3 rings (SSSR count). The van der Waals surface area contributed by atoms with Gasteiger partial charge in [0.1, 0.15) is 18.0 Å². The minimum absolute atomic E-state index is 0.0363. The van der Waals surface area contributed by atoms with E-state index < -0.39 is 0 Å². The Hall–Kier alpha value is -3.36. The van der Waals surface area contributed by atoms with E-state index in [9.17, 15) is 0 Å². The first kappa shape index (κ1) is 26.7. The van der Waals surface area contributed by atoms with Crippen LogP contribution in [-0.2, 0) is 6.61 Å². The molecule has 1 heterocycles. The largest absolute Gasteiger partial charge is 0.392 e. The SMILES string of the molecule is C=CS.CC.N=C(c1ccc(CO)cc1)c1c(N)ncnc1NCCNc1ccccc1. The van der Waals surface area contributed by atoms with E-state index in [1.165, 1.54) is 11.7 Å². The Morgan fingerprint density at radius 3 is 2.25 bits per heavy atom. The van der Waals surface area contributed by atoms with Gasteiger partial charge in [0.15, 0.2) is 0 Å². The van der Waals surface area contributed by atoms with Gasteiger partial charge < -0.3 is 21.5 Å². The Morgan fingerprint density at radius 1 is 1.06 bits per heavy atom. The van der Waals surface area contributed by atoms with Crippen LogP contribution < -0.4 is 16.4 Å². The molecule has 0 aliphatic carbocycles. The van der Waals surface area contributed by atoms with Crippen molar-refractivity contribution in [3.8, 4) is 0 Å². The molecule has 170 valence electrons. The molecule has 0 aliphatic heterocycles. The maximum Gasteiger partial charge on any atom is 0.141 e. The summed E-state index contributed by atoms with van der Waals surface area (Å²) in [6.45, 7) is 8.48. The summed E-state index contributed by atoms with van der Waals surface area (Å²) in [6.07, 6.45) is 1.38. The first-order valence-electron chi connectivity index (χ1n) is 10.3. The van der Waals surface area contributed by atoms with E-state index in [1.54, 1.807) is 24.3 Å². The maximum absolute atomic E-state index is 9.17. The van der Waals surface area contributed by atoms with E-state index in [4.69, 9.17) is 16.2 Å². The van der Waals surface area contributed by atoms with E-state index in [1.807, 2.05) is 44.2 Å². The molecule has 0 radical (unpaired) electrons. The number of anilines is 3. The third kappa shape index (κ3) is 8.41. The summed E-state index contributed by atoms with van der Waals surface area (Å²) in [4.78, 5) is 8.28. The lowest BCUT2D eigenvalue weighted by molar-refractivity contribution is 0.282. The molecule has 0 unspecified atom stereocenters. The first-order valence-corrected chi connectivity index (χ1v) is 10.8. The van der Waals surface area contributed by atoms with E-state index in [-0.39, 0.29) is 18.1 Å². The van der Waals surface area contributed by atoms with E-state index >= 15 is 0 Å². The lowest BCUT2D eigenvalue weighted by atomic mass is 10.0. The van der Waals surface area contributed by atoms with Crippen LogP contribution in [0.4, 0.5) is 17.3 Å². The van der Waals surface area contributed by atoms with Crippen LogP contribution in [0.25, 0.3) is 0 Å². The summed E-state index contributed by atoms with van der Waals surface area (Å²) < 4.78 is 0. The van der Waals surface area contributed by atoms with Crippen LogP contribution in [0.2, 0.25) is 0 Å². The first-order chi connectivity index (χ1) is 15.6. The molecular weight excluding hydrogens is 420 g/mol. The van der Waals surface area contributed by atoms with Crippen LogP contribution in [0.15, 0.2) is 72.9 Å². The molecule has 0 fully saturated rings. The highest BCUT2D eigenvalue weighted by Gasteiger charge is 2.16. The lowest BCUT2D eigenvalue weighted by Crippen LogP contribution is -2.18. The van der Waals surface area contributed by atoms with Crippen LogP contribution in [-0.4, -0.2) is 33.9 Å². The van der Waals surface area contributed by atoms with Crippen molar-refractivity contribution < 1.29 is 5.11 Å². The molecule has 0 aliphatic rings. The number of rotatable bonds is 8. The van der Waals surface area contributed by atoms with Gasteiger partial charge in [-0.15, -0.1) is 0 Å². The van der Waals surface area contributed by atoms with E-state index in [0.29, 0.717) is 30.0 Å². The monoisotopic (exact) mass is 452 g/mol. The smallest absolute Gasteiger partial charge is 0.141 e. The molecule has 2 aromatic carbocycles. The second-order valence-electron chi connectivity index (χ2n) is 6.11. The summed E-state index contributed by atoms with van der Waals surface area (Å²) in [5.74, 6) is 0.772. The second-order valence-corrected chi connectivity index (χ2v) is 6.48. The van der Waals surface area contributed by atoms with Crippen molar-refractivity contribution in [1.82, 2.24) is 9.97 Å². The van der Waals surface area contributed by atoms with Crippen molar-refractivity contribution in [2.24, 2.45) is 0 Å². The average Bonchev–Trinajstić information content (AvgIpc) is 2.84. The highest BCUT2D eigenvalue weighted by Crippen LogP contribution is 2.21. The fraction of sp³-hybridized carbons (Fsp3) is 0.208. The van der Waals surface area contributed by atoms with E-state index in [0.717, 1.165) is 11.3 Å². The fourth-order valence-electron chi connectivity index (χ4n) is 2.64. The molecule has 32 heavy (non-hydrogen) atoms. The normalized spacial score (nSPS) is 9.38. The maximum atomic E-state index is 9.17. The van der Waals surface area contributed by atoms with Gasteiger partial charge in [-0.3, -0.25) is 5.41 Å². The number of aliphatic hydroxyl groups excluding tert-OH is 1. The molecule has 0 bridgehead atoms. The van der Waals surface area contributed by atoms with Crippen LogP contribution in [0.3, 0.4) is 0 Å². The quantitative estimate of drug-likeness (QED) is 0.169. The van der Waals surface area contributed by atoms with Crippen molar-refractivity contribution in [3.63, 3.8) is 0 Å². The number of aromatic nitrogens is 2. The van der Waals surface area contributed by atoms with Gasteiger partial charge in [-0.25, -0.2) is 9.97 Å². The predicted octanol–water partition coefficient (Wildman–Crippen LogP) is 4.58. The number of thiol groups is 1. The van der Waals surface area contributed by atoms with Gasteiger partial charge in [-0.2, -0.15) is 12.6 Å². The van der Waals surface area contributed by atoms with Crippen LogP contribution in [0.5, 0.6) is 0 Å². The Balaban J connectivity index is 0.000000944. The van der Waals surface area contributed by atoms with Crippen molar-refractivity contribution in [2.45, 2.75) is 20.5 Å². The summed E-state index contributed by atoms with van der Waals surface area (Å²) >= 11 is 3.55. The summed E-state index contributed by atoms with van der Waals surface area (Å²) in [6, 6.07) is 17.0. The zero-order valence-corrected chi connectivity index (χ0v) is 19.4. The van der Waals surface area contributed by atoms with Crippen molar-refractivity contribution >= 4 is 35.7 Å². The molecule has 7 nitrogen and oxygen atoms in total. The van der Waals surface area contributed by atoms with Gasteiger partial charge in [0, 0.05) is 24.3 Å².